The molecular formula is C68H60N2S. The van der Waals surface area contributed by atoms with Crippen molar-refractivity contribution in [3.63, 3.8) is 0 Å². The van der Waals surface area contributed by atoms with Crippen molar-refractivity contribution in [2.75, 3.05) is 4.90 Å². The van der Waals surface area contributed by atoms with Gasteiger partial charge in [0.25, 0.3) is 0 Å². The van der Waals surface area contributed by atoms with Crippen LogP contribution in [0, 0.1) is 5.92 Å². The van der Waals surface area contributed by atoms with Crippen molar-refractivity contribution in [1.82, 2.24) is 4.98 Å². The molecule has 3 aliphatic carbocycles. The fraction of sp³-hybridized carbons (Fsp3) is 0.191. The highest BCUT2D eigenvalue weighted by Crippen LogP contribution is 2.57. The van der Waals surface area contributed by atoms with Crippen molar-refractivity contribution >= 4 is 40.0 Å². The summed E-state index contributed by atoms with van der Waals surface area (Å²) >= 11 is 1.86. The summed E-state index contributed by atoms with van der Waals surface area (Å²) in [6.07, 6.45) is 13.8. The van der Waals surface area contributed by atoms with Gasteiger partial charge in [0.05, 0.1) is 16.8 Å². The van der Waals surface area contributed by atoms with E-state index in [4.69, 9.17) is 4.98 Å². The number of pyridine rings is 1. The molecule has 7 aromatic carbocycles. The monoisotopic (exact) mass is 936 g/mol. The Morgan fingerprint density at radius 3 is 1.83 bits per heavy atom. The maximum Gasteiger partial charge on any atom is 0.0896 e. The van der Waals surface area contributed by atoms with E-state index in [0.717, 1.165) is 46.9 Å². The predicted molar refractivity (Wildman–Crippen MR) is 300 cm³/mol. The molecule has 1 aromatic heterocycles. The van der Waals surface area contributed by atoms with Crippen molar-refractivity contribution in [2.45, 2.75) is 87.3 Å². The zero-order valence-corrected chi connectivity index (χ0v) is 42.7. The van der Waals surface area contributed by atoms with E-state index in [1.54, 1.807) is 0 Å². The minimum atomic E-state index is -0.737. The van der Waals surface area contributed by atoms with Crippen molar-refractivity contribution in [3.05, 3.63) is 262 Å². The first-order valence-electron chi connectivity index (χ1n) is 25.5. The van der Waals surface area contributed by atoms with Crippen LogP contribution in [0.3, 0.4) is 0 Å². The number of aromatic nitrogens is 1. The number of fused-ring (bicyclic) bond motifs is 6. The molecule has 4 aliphatic rings. The Balaban J connectivity index is 1.09. The number of nitrogens with zero attached hydrogens (tertiary/aromatic N) is 2. The van der Waals surface area contributed by atoms with E-state index in [1.807, 2.05) is 11.8 Å². The number of hydrogen-bond acceptors (Lipinski definition) is 3. The molecule has 71 heavy (non-hydrogen) atoms. The minimum absolute atomic E-state index is 0.145. The van der Waals surface area contributed by atoms with Crippen LogP contribution in [0.2, 0.25) is 0 Å². The third-order valence-electron chi connectivity index (χ3n) is 16.0. The predicted octanol–water partition coefficient (Wildman–Crippen LogP) is 18.4. The molecule has 3 heteroatoms. The molecule has 0 saturated heterocycles. The smallest absolute Gasteiger partial charge is 0.0896 e. The molecule has 8 aromatic rings. The molecule has 0 fully saturated rings. The van der Waals surface area contributed by atoms with Crippen LogP contribution >= 0.6 is 11.8 Å². The molecule has 348 valence electrons. The summed E-state index contributed by atoms with van der Waals surface area (Å²) in [6.45, 7) is 16.3. The molecule has 2 nitrogen and oxygen atoms in total. The second-order valence-corrected chi connectivity index (χ2v) is 22.0. The summed E-state index contributed by atoms with van der Waals surface area (Å²) in [5.41, 5.74) is 22.4. The summed E-state index contributed by atoms with van der Waals surface area (Å²) in [6, 6.07) is 66.2. The number of benzene rings is 7. The Morgan fingerprint density at radius 1 is 0.592 bits per heavy atom. The highest BCUT2D eigenvalue weighted by Gasteiger charge is 2.46. The summed E-state index contributed by atoms with van der Waals surface area (Å²) in [7, 11) is 0. The van der Waals surface area contributed by atoms with E-state index in [0.29, 0.717) is 5.92 Å². The van der Waals surface area contributed by atoms with E-state index < -0.39 is 5.41 Å². The van der Waals surface area contributed by atoms with Gasteiger partial charge in [-0.15, -0.1) is 0 Å². The van der Waals surface area contributed by atoms with Gasteiger partial charge in [-0.1, -0.05) is 199 Å². The highest BCUT2D eigenvalue weighted by atomic mass is 32.2. The first-order chi connectivity index (χ1) is 34.5. The maximum absolute atomic E-state index is 5.80. The fourth-order valence-electron chi connectivity index (χ4n) is 12.4. The maximum atomic E-state index is 5.80. The molecule has 0 bridgehead atoms. The Bertz CT molecular complexity index is 3500. The van der Waals surface area contributed by atoms with Crippen LogP contribution in [0.1, 0.15) is 112 Å². The van der Waals surface area contributed by atoms with Crippen LogP contribution in [0.25, 0.3) is 33.5 Å². The van der Waals surface area contributed by atoms with E-state index in [2.05, 4.69) is 260 Å². The third-order valence-corrected chi connectivity index (χ3v) is 17.1. The Hall–Kier alpha value is -7.20. The molecule has 0 amide bonds. The fourth-order valence-corrected chi connectivity index (χ4v) is 13.6. The van der Waals surface area contributed by atoms with Gasteiger partial charge in [-0.2, -0.15) is 0 Å². The number of hydrogen-bond donors (Lipinski definition) is 0. The summed E-state index contributed by atoms with van der Waals surface area (Å²) < 4.78 is 0. The topological polar surface area (TPSA) is 16.1 Å². The SMILES string of the molecule is C/C=C1\C(=C/CC)C(C)(C)c2cc(N(c3ccc(C4(c5cc(C6=CCC(C)C=C6)cc(-c6ccccc6)n5)c5ccccc5Sc5ccccc54)cc3)c3ccc4c(c3)C(C)(C)c3ccccc3-4)ccc21. The van der Waals surface area contributed by atoms with E-state index in [1.165, 1.54) is 82.1 Å². The zero-order chi connectivity index (χ0) is 48.6. The van der Waals surface area contributed by atoms with Crippen LogP contribution in [0.4, 0.5) is 17.1 Å². The lowest BCUT2D eigenvalue weighted by atomic mass is 9.66. The Morgan fingerprint density at radius 2 is 1.18 bits per heavy atom. The Labute approximate surface area is 425 Å². The van der Waals surface area contributed by atoms with Crippen molar-refractivity contribution in [1.29, 1.82) is 0 Å². The van der Waals surface area contributed by atoms with Crippen LogP contribution in [-0.2, 0) is 16.2 Å². The van der Waals surface area contributed by atoms with Gasteiger partial charge in [-0.05, 0) is 159 Å². The lowest BCUT2D eigenvalue weighted by Crippen LogP contribution is -2.35. The number of allylic oxidation sites excluding steroid dienone is 8. The van der Waals surface area contributed by atoms with Gasteiger partial charge in [0.1, 0.15) is 0 Å². The first-order valence-corrected chi connectivity index (χ1v) is 26.3. The van der Waals surface area contributed by atoms with Crippen LogP contribution in [0.15, 0.2) is 222 Å². The van der Waals surface area contributed by atoms with E-state index >= 15 is 0 Å². The number of rotatable bonds is 8. The summed E-state index contributed by atoms with van der Waals surface area (Å²) in [5, 5.41) is 0. The average molecular weight is 937 g/mol. The Kier molecular flexibility index (Phi) is 10.9. The lowest BCUT2D eigenvalue weighted by Gasteiger charge is -2.41. The van der Waals surface area contributed by atoms with Crippen LogP contribution < -0.4 is 4.90 Å². The minimum Gasteiger partial charge on any atom is -0.310 e. The van der Waals surface area contributed by atoms with Crippen LogP contribution in [0.5, 0.6) is 0 Å². The van der Waals surface area contributed by atoms with E-state index in [-0.39, 0.29) is 10.8 Å². The average Bonchev–Trinajstić information content (AvgIpc) is 3.76. The largest absolute Gasteiger partial charge is 0.310 e. The highest BCUT2D eigenvalue weighted by molar-refractivity contribution is 7.99. The molecule has 1 unspecified atom stereocenters. The van der Waals surface area contributed by atoms with E-state index in [9.17, 15) is 0 Å². The van der Waals surface area contributed by atoms with Crippen molar-refractivity contribution in [2.24, 2.45) is 5.92 Å². The molecular weight excluding hydrogens is 877 g/mol. The van der Waals surface area contributed by atoms with Gasteiger partial charge in [-0.25, -0.2) is 0 Å². The number of anilines is 3. The third kappa shape index (κ3) is 7.10. The van der Waals surface area contributed by atoms with Crippen molar-refractivity contribution in [3.8, 4) is 22.4 Å². The van der Waals surface area contributed by atoms with Crippen molar-refractivity contribution < 1.29 is 0 Å². The first kappa shape index (κ1) is 45.0. The van der Waals surface area contributed by atoms with Crippen LogP contribution in [-0.4, -0.2) is 4.98 Å². The van der Waals surface area contributed by atoms with Gasteiger partial charge in [-0.3, -0.25) is 4.98 Å². The second kappa shape index (κ2) is 17.3. The molecule has 0 spiro atoms. The lowest BCUT2D eigenvalue weighted by molar-refractivity contribution is 0.657. The molecule has 0 saturated carbocycles. The van der Waals surface area contributed by atoms with Gasteiger partial charge < -0.3 is 4.90 Å². The molecule has 2 heterocycles. The zero-order valence-electron chi connectivity index (χ0n) is 41.9. The van der Waals surface area contributed by atoms with Gasteiger partial charge >= 0.3 is 0 Å². The standard InChI is InChI=1S/C68H60N2S/c1-8-19-56-52(9-2)54-38-36-50(42-60(54)66(56,4)5)70(51-37-39-55-53-22-13-14-23-57(53)67(6,7)61(55)43-51)49-34-32-48(33-35-49)68(58-24-15-17-26-63(58)71-64-27-18-16-25-59(64)68)65-41-47(45-30-28-44(3)29-31-45)40-62(69-65)46-20-11-10-12-21-46/h9-28,30-44H,8,29H2,1-7H3/b52-9-,56-19+. The summed E-state index contributed by atoms with van der Waals surface area (Å²) in [4.78, 5) is 10.8. The summed E-state index contributed by atoms with van der Waals surface area (Å²) in [5.74, 6) is 0.510. The molecule has 12 rings (SSSR count). The quantitative estimate of drug-likeness (QED) is 0.151. The molecule has 0 radical (unpaired) electrons. The molecule has 1 atom stereocenters. The molecule has 0 N–H and O–H groups in total. The van der Waals surface area contributed by atoms with Gasteiger partial charge in [0.2, 0.25) is 0 Å². The van der Waals surface area contributed by atoms with Gasteiger partial charge in [0, 0.05) is 43.2 Å². The molecule has 1 aliphatic heterocycles. The normalized spacial score (nSPS) is 18.6. The second-order valence-electron chi connectivity index (χ2n) is 20.9. The van der Waals surface area contributed by atoms with Gasteiger partial charge in [0.15, 0.2) is 0 Å².